The van der Waals surface area contributed by atoms with Crippen LogP contribution in [-0.4, -0.2) is 16.0 Å². The van der Waals surface area contributed by atoms with E-state index in [0.717, 1.165) is 22.3 Å². The molecule has 4 heteroatoms. The van der Waals surface area contributed by atoms with Gasteiger partial charge in [-0.05, 0) is 48.4 Å². The summed E-state index contributed by atoms with van der Waals surface area (Å²) >= 11 is 0. The second-order valence-electron chi connectivity index (χ2n) is 6.21. The highest BCUT2D eigenvalue weighted by Crippen LogP contribution is 2.31. The number of nitrogens with zero attached hydrogens (tertiary/aromatic N) is 2. The lowest BCUT2D eigenvalue weighted by atomic mass is 10.1. The number of hydrogen-bond donors (Lipinski definition) is 1. The number of aryl methyl sites for hydroxylation is 1. The normalized spacial score (nSPS) is 12.5. The molecule has 1 amide bonds. The van der Waals surface area contributed by atoms with Crippen molar-refractivity contribution in [2.75, 3.05) is 4.90 Å². The maximum Gasteiger partial charge on any atom is 0.260 e. The first-order valence-electron chi connectivity index (χ1n) is 8.29. The van der Waals surface area contributed by atoms with Gasteiger partial charge >= 0.3 is 0 Å². The van der Waals surface area contributed by atoms with E-state index in [-0.39, 0.29) is 11.7 Å². The molecule has 1 aromatic heterocycles. The van der Waals surface area contributed by atoms with Crippen molar-refractivity contribution >= 4 is 11.7 Å². The number of phenols is 1. The summed E-state index contributed by atoms with van der Waals surface area (Å²) in [6.07, 6.45) is 1.69. The molecular weight excluding hydrogens is 324 g/mol. The average Bonchev–Trinajstić information content (AvgIpc) is 2.97. The van der Waals surface area contributed by atoms with Crippen LogP contribution in [0.25, 0.3) is 0 Å². The lowest BCUT2D eigenvalue weighted by molar-refractivity contribution is 0.0995. The number of pyridine rings is 1. The Morgan fingerprint density at radius 2 is 1.81 bits per heavy atom. The van der Waals surface area contributed by atoms with E-state index in [2.05, 4.69) is 16.8 Å². The molecule has 4 nitrogen and oxygen atoms in total. The Morgan fingerprint density at radius 1 is 1.04 bits per heavy atom. The first kappa shape index (κ1) is 15.9. The first-order valence-corrected chi connectivity index (χ1v) is 8.29. The van der Waals surface area contributed by atoms with Crippen molar-refractivity contribution < 1.29 is 9.90 Å². The second kappa shape index (κ2) is 6.38. The average molecular weight is 340 g/mol. The third kappa shape index (κ3) is 2.91. The van der Waals surface area contributed by atoms with Crippen LogP contribution in [0.4, 0.5) is 5.82 Å². The molecule has 2 heterocycles. The number of anilines is 1. The van der Waals surface area contributed by atoms with Crippen LogP contribution in [0, 0.1) is 18.8 Å². The fraction of sp³-hybridized carbons (Fsp3) is 0.0909. The van der Waals surface area contributed by atoms with Crippen molar-refractivity contribution in [3.63, 3.8) is 0 Å². The maximum absolute atomic E-state index is 12.6. The van der Waals surface area contributed by atoms with Gasteiger partial charge in [0.25, 0.3) is 5.91 Å². The Labute approximate surface area is 151 Å². The molecule has 3 aromatic rings. The zero-order valence-corrected chi connectivity index (χ0v) is 14.2. The van der Waals surface area contributed by atoms with Gasteiger partial charge in [-0.25, -0.2) is 4.98 Å². The van der Waals surface area contributed by atoms with Gasteiger partial charge in [0, 0.05) is 22.9 Å². The molecule has 0 aliphatic carbocycles. The number of fused-ring (bicyclic) bond motifs is 1. The molecule has 0 radical (unpaired) electrons. The van der Waals surface area contributed by atoms with Crippen LogP contribution in [-0.2, 0) is 6.54 Å². The maximum atomic E-state index is 12.6. The first-order chi connectivity index (χ1) is 12.6. The molecule has 0 saturated heterocycles. The quantitative estimate of drug-likeness (QED) is 0.688. The molecule has 126 valence electrons. The highest BCUT2D eigenvalue weighted by atomic mass is 16.3. The number of phenolic OH excluding ortho intramolecular Hbond substituents is 1. The number of hydrogen-bond acceptors (Lipinski definition) is 3. The summed E-state index contributed by atoms with van der Waals surface area (Å²) in [6, 6.07) is 16.6. The van der Waals surface area contributed by atoms with E-state index >= 15 is 0 Å². The molecule has 2 aromatic carbocycles. The number of carbonyl (C=O) groups is 1. The third-order valence-electron chi connectivity index (χ3n) is 4.33. The Balaban J connectivity index is 1.62. The number of rotatable bonds is 1. The molecule has 4 rings (SSSR count). The minimum atomic E-state index is -0.144. The molecule has 1 aliphatic heterocycles. The Bertz CT molecular complexity index is 1060. The Kier molecular flexibility index (Phi) is 3.91. The zero-order chi connectivity index (χ0) is 18.1. The van der Waals surface area contributed by atoms with Crippen molar-refractivity contribution in [1.82, 2.24) is 4.98 Å². The summed E-state index contributed by atoms with van der Waals surface area (Å²) in [5.74, 6) is 6.78. The van der Waals surface area contributed by atoms with E-state index in [1.165, 1.54) is 6.07 Å². The van der Waals surface area contributed by atoms with E-state index in [1.54, 1.807) is 23.2 Å². The minimum absolute atomic E-state index is 0.0927. The Hall–Kier alpha value is -3.58. The highest BCUT2D eigenvalue weighted by Gasteiger charge is 2.30. The van der Waals surface area contributed by atoms with Crippen molar-refractivity contribution in [3.8, 4) is 17.6 Å². The molecule has 0 atom stereocenters. The van der Waals surface area contributed by atoms with E-state index < -0.39 is 0 Å². The van der Waals surface area contributed by atoms with Crippen molar-refractivity contribution in [2.45, 2.75) is 13.5 Å². The summed E-state index contributed by atoms with van der Waals surface area (Å²) in [6.45, 7) is 2.38. The minimum Gasteiger partial charge on any atom is -0.508 e. The van der Waals surface area contributed by atoms with Crippen LogP contribution in [0.3, 0.4) is 0 Å². The number of benzene rings is 2. The molecule has 1 N–H and O–H groups in total. The van der Waals surface area contributed by atoms with Crippen molar-refractivity contribution in [1.29, 1.82) is 0 Å². The van der Waals surface area contributed by atoms with Crippen LogP contribution in [0.15, 0.2) is 60.8 Å². The van der Waals surface area contributed by atoms with E-state index in [1.807, 2.05) is 43.3 Å². The topological polar surface area (TPSA) is 53.4 Å². The third-order valence-corrected chi connectivity index (χ3v) is 4.33. The number of carbonyl (C=O) groups excluding carboxylic acids is 1. The molecule has 26 heavy (non-hydrogen) atoms. The zero-order valence-electron chi connectivity index (χ0n) is 14.2. The summed E-state index contributed by atoms with van der Waals surface area (Å²) in [5, 5.41) is 9.61. The Morgan fingerprint density at radius 3 is 2.58 bits per heavy atom. The number of aromatic hydroxyl groups is 1. The van der Waals surface area contributed by atoms with Gasteiger partial charge in [-0.1, -0.05) is 36.1 Å². The predicted molar refractivity (Wildman–Crippen MR) is 100 cm³/mol. The van der Waals surface area contributed by atoms with Crippen LogP contribution < -0.4 is 4.90 Å². The van der Waals surface area contributed by atoms with Gasteiger partial charge in [0.15, 0.2) is 0 Å². The van der Waals surface area contributed by atoms with Gasteiger partial charge in [-0.2, -0.15) is 0 Å². The van der Waals surface area contributed by atoms with Gasteiger partial charge < -0.3 is 5.11 Å². The molecular formula is C22H16N2O2. The molecule has 0 saturated carbocycles. The van der Waals surface area contributed by atoms with E-state index in [9.17, 15) is 9.90 Å². The van der Waals surface area contributed by atoms with Crippen LogP contribution >= 0.6 is 0 Å². The lowest BCUT2D eigenvalue weighted by Crippen LogP contribution is -2.25. The summed E-state index contributed by atoms with van der Waals surface area (Å²) < 4.78 is 0. The fourth-order valence-corrected chi connectivity index (χ4v) is 3.04. The van der Waals surface area contributed by atoms with Gasteiger partial charge in [0.2, 0.25) is 0 Å². The van der Waals surface area contributed by atoms with Gasteiger partial charge in [-0.15, -0.1) is 0 Å². The highest BCUT2D eigenvalue weighted by molar-refractivity contribution is 6.10. The number of aromatic nitrogens is 1. The van der Waals surface area contributed by atoms with Gasteiger partial charge in [0.1, 0.15) is 11.6 Å². The standard InChI is InChI=1S/C22H16N2O2/c1-15-11-17(8-7-16-5-3-2-4-6-16)13-23-21(15)24-14-18-9-10-19(25)12-20(18)22(24)26/h2-6,9-13,25H,14H2,1H3. The molecule has 0 unspecified atom stereocenters. The van der Waals surface area contributed by atoms with E-state index in [0.29, 0.717) is 17.9 Å². The smallest absolute Gasteiger partial charge is 0.260 e. The summed E-state index contributed by atoms with van der Waals surface area (Å²) in [5.41, 5.74) is 4.05. The van der Waals surface area contributed by atoms with Crippen molar-refractivity contribution in [2.24, 2.45) is 0 Å². The van der Waals surface area contributed by atoms with Crippen LogP contribution in [0.2, 0.25) is 0 Å². The summed E-state index contributed by atoms with van der Waals surface area (Å²) in [7, 11) is 0. The van der Waals surface area contributed by atoms with Gasteiger partial charge in [-0.3, -0.25) is 9.69 Å². The van der Waals surface area contributed by atoms with Crippen molar-refractivity contribution in [3.05, 3.63) is 88.6 Å². The summed E-state index contributed by atoms with van der Waals surface area (Å²) in [4.78, 5) is 18.7. The van der Waals surface area contributed by atoms with Crippen LogP contribution in [0.5, 0.6) is 5.75 Å². The van der Waals surface area contributed by atoms with Crippen LogP contribution in [0.1, 0.15) is 32.6 Å². The number of amides is 1. The predicted octanol–water partition coefficient (Wildman–Crippen LogP) is 3.66. The van der Waals surface area contributed by atoms with E-state index in [4.69, 9.17) is 0 Å². The fourth-order valence-electron chi connectivity index (χ4n) is 3.04. The second-order valence-corrected chi connectivity index (χ2v) is 6.21. The molecule has 0 fully saturated rings. The lowest BCUT2D eigenvalue weighted by Gasteiger charge is -2.17. The largest absolute Gasteiger partial charge is 0.508 e. The molecule has 0 bridgehead atoms. The molecule has 0 spiro atoms. The monoisotopic (exact) mass is 340 g/mol. The van der Waals surface area contributed by atoms with Gasteiger partial charge in [0.05, 0.1) is 6.54 Å². The molecule has 1 aliphatic rings. The SMILES string of the molecule is Cc1cc(C#Cc2ccccc2)cnc1N1Cc2ccc(O)cc2C1=O.